The largest absolute Gasteiger partial charge is 0.396 e. The molecule has 0 spiro atoms. The first-order valence-electron chi connectivity index (χ1n) is 7.40. The van der Waals surface area contributed by atoms with Gasteiger partial charge in [0.05, 0.1) is 25.5 Å². The number of allylic oxidation sites excluding steroid dienone is 1. The summed E-state index contributed by atoms with van der Waals surface area (Å²) in [5.41, 5.74) is 0. The molecule has 0 amide bonds. The molecule has 120 valence electrons. The lowest BCUT2D eigenvalue weighted by Gasteiger charge is -2.30. The number of aliphatic hydroxyl groups is 3. The van der Waals surface area contributed by atoms with Crippen molar-refractivity contribution in [2.45, 2.75) is 38.0 Å². The van der Waals surface area contributed by atoms with Gasteiger partial charge in [-0.05, 0) is 19.0 Å². The number of hydrogen-bond acceptors (Lipinski definition) is 6. The van der Waals surface area contributed by atoms with Crippen LogP contribution in [-0.4, -0.2) is 63.6 Å². The fraction of sp³-hybridized carbons (Fsp3) is 0.786. The highest BCUT2D eigenvalue weighted by Crippen LogP contribution is 2.30. The third-order valence-electron chi connectivity index (χ3n) is 4.32. The first-order chi connectivity index (χ1) is 10.1. The van der Waals surface area contributed by atoms with Crippen LogP contribution in [0, 0.1) is 11.8 Å². The van der Waals surface area contributed by atoms with Gasteiger partial charge in [-0.3, -0.25) is 10.3 Å². The molecule has 2 rings (SSSR count). The van der Waals surface area contributed by atoms with E-state index in [1.165, 1.54) is 0 Å². The van der Waals surface area contributed by atoms with Crippen LogP contribution in [0.4, 0.5) is 0 Å². The number of aliphatic hydroxyl groups excluding tert-OH is 3. The van der Waals surface area contributed by atoms with Crippen molar-refractivity contribution in [2.75, 3.05) is 19.9 Å². The highest BCUT2D eigenvalue weighted by Gasteiger charge is 2.43. The number of hydrogen-bond donors (Lipinski definition) is 4. The van der Waals surface area contributed by atoms with E-state index in [-0.39, 0.29) is 24.5 Å². The summed E-state index contributed by atoms with van der Waals surface area (Å²) in [7, 11) is 0. The Morgan fingerprint density at radius 2 is 2.19 bits per heavy atom. The number of aliphatic imine (C=N–C) groups is 1. The van der Waals surface area contributed by atoms with E-state index in [2.05, 4.69) is 10.3 Å². The van der Waals surface area contributed by atoms with Crippen LogP contribution in [0.2, 0.25) is 0 Å². The molecule has 0 saturated heterocycles. The Labute approximate surface area is 130 Å². The third-order valence-corrected chi connectivity index (χ3v) is 4.72. The Balaban J connectivity index is 2.12. The molecule has 1 fully saturated rings. The van der Waals surface area contributed by atoms with E-state index in [1.807, 2.05) is 24.1 Å². The predicted molar refractivity (Wildman–Crippen MR) is 81.9 cm³/mol. The second-order valence-electron chi connectivity index (χ2n) is 5.64. The predicted octanol–water partition coefficient (Wildman–Crippen LogP) is 0.0864. The summed E-state index contributed by atoms with van der Waals surface area (Å²) < 4.78 is 0. The van der Waals surface area contributed by atoms with E-state index in [0.717, 1.165) is 6.42 Å². The number of nitrogens with one attached hydrogen (secondary N) is 1. The average Bonchev–Trinajstić information content (AvgIpc) is 2.81. The fourth-order valence-corrected chi connectivity index (χ4v) is 3.20. The van der Waals surface area contributed by atoms with Crippen LogP contribution in [0.3, 0.4) is 0 Å². The Morgan fingerprint density at radius 1 is 1.43 bits per heavy atom. The highest BCUT2D eigenvalue weighted by molar-refractivity contribution is 6.66. The van der Waals surface area contributed by atoms with Crippen LogP contribution in [0.1, 0.15) is 19.8 Å². The standard InChI is InChI=1S/C14H24ClN3O3/c1-2-9-3-4-18(8-16-7-17-14(9)15)11-5-10(6-19)12(20)13(11)21/h3-4,9-13,16,19-21H,2,5-8H2,1H3/b4-3-,17-14?/t9?,10?,11?,12-,13+/m1/s1. The number of halogens is 1. The van der Waals surface area contributed by atoms with Crippen LogP contribution < -0.4 is 5.32 Å². The number of rotatable bonds is 3. The minimum absolute atomic E-state index is 0.0613. The van der Waals surface area contributed by atoms with Crippen LogP contribution in [-0.2, 0) is 0 Å². The Kier molecular flexibility index (Phi) is 6.01. The van der Waals surface area contributed by atoms with Gasteiger partial charge in [0.2, 0.25) is 0 Å². The second-order valence-corrected chi connectivity index (χ2v) is 6.03. The molecule has 7 heteroatoms. The van der Waals surface area contributed by atoms with Crippen molar-refractivity contribution in [3.8, 4) is 0 Å². The summed E-state index contributed by atoms with van der Waals surface area (Å²) in [6.07, 6.45) is 3.53. The fourth-order valence-electron chi connectivity index (χ4n) is 2.92. The molecule has 2 aliphatic rings. The zero-order chi connectivity index (χ0) is 15.4. The summed E-state index contributed by atoms with van der Waals surface area (Å²) in [5.74, 6) is -0.223. The van der Waals surface area contributed by atoms with E-state index in [0.29, 0.717) is 24.9 Å². The number of nitrogens with zero attached hydrogens (tertiary/aromatic N) is 2. The van der Waals surface area contributed by atoms with Crippen molar-refractivity contribution in [1.29, 1.82) is 0 Å². The van der Waals surface area contributed by atoms with E-state index >= 15 is 0 Å². The van der Waals surface area contributed by atoms with Crippen LogP contribution in [0.5, 0.6) is 0 Å². The first kappa shape index (κ1) is 16.7. The molecule has 6 nitrogen and oxygen atoms in total. The average molecular weight is 318 g/mol. The van der Waals surface area contributed by atoms with Crippen molar-refractivity contribution in [3.63, 3.8) is 0 Å². The lowest BCUT2D eigenvalue weighted by molar-refractivity contribution is -0.0122. The minimum atomic E-state index is -0.886. The molecule has 21 heavy (non-hydrogen) atoms. The molecule has 0 bridgehead atoms. The maximum atomic E-state index is 10.2. The minimum Gasteiger partial charge on any atom is -0.396 e. The summed E-state index contributed by atoms with van der Waals surface area (Å²) >= 11 is 6.15. The van der Waals surface area contributed by atoms with Crippen LogP contribution >= 0.6 is 11.6 Å². The van der Waals surface area contributed by atoms with Crippen molar-refractivity contribution >= 4 is 16.8 Å². The molecule has 1 aliphatic carbocycles. The SMILES string of the molecule is CCC1/C=C\N(C2CC(CO)[C@@H](O)[C@H]2O)CNCN=C1Cl. The maximum Gasteiger partial charge on any atom is 0.109 e. The van der Waals surface area contributed by atoms with Crippen LogP contribution in [0.15, 0.2) is 17.3 Å². The molecular formula is C14H24ClN3O3. The molecular weight excluding hydrogens is 294 g/mol. The first-order valence-corrected chi connectivity index (χ1v) is 7.77. The van der Waals surface area contributed by atoms with E-state index < -0.39 is 12.2 Å². The molecule has 0 radical (unpaired) electrons. The van der Waals surface area contributed by atoms with Gasteiger partial charge in [-0.15, -0.1) is 0 Å². The molecule has 0 aromatic rings. The quantitative estimate of drug-likeness (QED) is 0.592. The van der Waals surface area contributed by atoms with Crippen molar-refractivity contribution < 1.29 is 15.3 Å². The molecule has 1 heterocycles. The van der Waals surface area contributed by atoms with Gasteiger partial charge in [0.1, 0.15) is 11.3 Å². The third kappa shape index (κ3) is 3.76. The molecule has 1 saturated carbocycles. The smallest absolute Gasteiger partial charge is 0.109 e. The van der Waals surface area contributed by atoms with Gasteiger partial charge in [0.25, 0.3) is 0 Å². The normalized spacial score (nSPS) is 39.4. The zero-order valence-electron chi connectivity index (χ0n) is 12.2. The molecule has 3 unspecified atom stereocenters. The van der Waals surface area contributed by atoms with Crippen LogP contribution in [0.25, 0.3) is 0 Å². The van der Waals surface area contributed by atoms with Gasteiger partial charge in [0.15, 0.2) is 0 Å². The van der Waals surface area contributed by atoms with Gasteiger partial charge >= 0.3 is 0 Å². The van der Waals surface area contributed by atoms with E-state index in [1.54, 1.807) is 0 Å². The van der Waals surface area contributed by atoms with Gasteiger partial charge < -0.3 is 20.2 Å². The summed E-state index contributed by atoms with van der Waals surface area (Å²) in [5, 5.41) is 33.1. The van der Waals surface area contributed by atoms with Gasteiger partial charge in [-0.2, -0.15) is 0 Å². The summed E-state index contributed by atoms with van der Waals surface area (Å²) in [6, 6.07) is -0.227. The van der Waals surface area contributed by atoms with Gasteiger partial charge in [-0.1, -0.05) is 24.6 Å². The molecule has 1 aliphatic heterocycles. The Morgan fingerprint density at radius 3 is 2.81 bits per heavy atom. The topological polar surface area (TPSA) is 88.3 Å². The van der Waals surface area contributed by atoms with Gasteiger partial charge in [-0.25, -0.2) is 0 Å². The van der Waals surface area contributed by atoms with Gasteiger partial charge in [0, 0.05) is 18.4 Å². The lowest BCUT2D eigenvalue weighted by atomic mass is 10.1. The maximum absolute atomic E-state index is 10.2. The van der Waals surface area contributed by atoms with Crippen molar-refractivity contribution in [3.05, 3.63) is 12.3 Å². The van der Waals surface area contributed by atoms with E-state index in [9.17, 15) is 15.3 Å². The Bertz CT molecular complexity index is 405. The highest BCUT2D eigenvalue weighted by atomic mass is 35.5. The second kappa shape index (κ2) is 7.56. The lowest BCUT2D eigenvalue weighted by Crippen LogP contribution is -2.44. The molecule has 0 aromatic heterocycles. The van der Waals surface area contributed by atoms with E-state index in [4.69, 9.17) is 11.6 Å². The molecule has 4 N–H and O–H groups in total. The van der Waals surface area contributed by atoms with Crippen molar-refractivity contribution in [1.82, 2.24) is 10.2 Å². The van der Waals surface area contributed by atoms with Crippen molar-refractivity contribution in [2.24, 2.45) is 16.8 Å². The molecule has 5 atom stereocenters. The zero-order valence-corrected chi connectivity index (χ0v) is 12.9. The Hall–Kier alpha value is -0.660. The monoisotopic (exact) mass is 317 g/mol. The summed E-state index contributed by atoms with van der Waals surface area (Å²) in [6.45, 7) is 2.85. The molecule has 0 aromatic carbocycles. The summed E-state index contributed by atoms with van der Waals surface area (Å²) in [4.78, 5) is 6.22.